The van der Waals surface area contributed by atoms with Gasteiger partial charge in [0, 0.05) is 0 Å². The molecule has 28 heavy (non-hydrogen) atoms. The number of carbonyl (C=O) groups is 3. The van der Waals surface area contributed by atoms with E-state index in [1.165, 1.54) is 0 Å². The third kappa shape index (κ3) is 5.89. The Kier molecular flexibility index (Phi) is 7.79. The van der Waals surface area contributed by atoms with Crippen LogP contribution in [0, 0.1) is 17.3 Å². The zero-order chi connectivity index (χ0) is 20.9. The van der Waals surface area contributed by atoms with E-state index in [9.17, 15) is 18.6 Å². The summed E-state index contributed by atoms with van der Waals surface area (Å²) in [6, 6.07) is 0. The summed E-state index contributed by atoms with van der Waals surface area (Å²) in [4.78, 5) is 35.1. The molecule has 11 heteroatoms. The smallest absolute Gasteiger partial charge is 0.453 e. The van der Waals surface area contributed by atoms with Gasteiger partial charge in [-0.05, 0) is 51.4 Å². The van der Waals surface area contributed by atoms with Crippen LogP contribution in [0.2, 0.25) is 0 Å². The third-order valence-electron chi connectivity index (χ3n) is 5.35. The Balaban J connectivity index is 1.69. The minimum absolute atomic E-state index is 0.0370. The number of ether oxygens (including phenoxy) is 4. The van der Waals surface area contributed by atoms with Crippen LogP contribution >= 0.6 is 0 Å². The molecule has 0 amide bonds. The highest BCUT2D eigenvalue weighted by Crippen LogP contribution is 2.47. The van der Waals surface area contributed by atoms with Crippen molar-refractivity contribution in [1.29, 1.82) is 0 Å². The maximum Gasteiger partial charge on any atom is 0.511 e. The molecule has 0 spiro atoms. The molecule has 0 aromatic heterocycles. The molecule has 1 N–H and O–H groups in total. The van der Waals surface area contributed by atoms with Crippen LogP contribution in [0.3, 0.4) is 0 Å². The average Bonchev–Trinajstić information content (AvgIpc) is 3.22. The standard InChI is InChI=1S/C17H26O10S/c1-4-17(2,3)15(19)23-8-12(18)24-9-25-16(20)26-13-10-5-6-11(7-10)14(13)27-28(21)22/h10-11,13-14H,4-9H2,1-3H3,(H,21,22). The molecule has 2 rings (SSSR count). The second-order valence-electron chi connectivity index (χ2n) is 7.54. The molecule has 2 fully saturated rings. The van der Waals surface area contributed by atoms with Crippen LogP contribution in [-0.2, 0) is 44.1 Å². The Morgan fingerprint density at radius 2 is 1.71 bits per heavy atom. The summed E-state index contributed by atoms with van der Waals surface area (Å²) < 4.78 is 44.2. The van der Waals surface area contributed by atoms with Crippen LogP contribution in [0.25, 0.3) is 0 Å². The second-order valence-corrected chi connectivity index (χ2v) is 8.16. The van der Waals surface area contributed by atoms with E-state index >= 15 is 0 Å². The van der Waals surface area contributed by atoms with E-state index in [-0.39, 0.29) is 11.8 Å². The van der Waals surface area contributed by atoms with Gasteiger partial charge < -0.3 is 18.9 Å². The van der Waals surface area contributed by atoms with Gasteiger partial charge in [-0.1, -0.05) is 6.92 Å². The van der Waals surface area contributed by atoms with Crippen molar-refractivity contribution in [2.75, 3.05) is 13.4 Å². The molecule has 2 aliphatic carbocycles. The number of carbonyl (C=O) groups excluding carboxylic acids is 3. The van der Waals surface area contributed by atoms with Gasteiger partial charge in [-0.25, -0.2) is 9.59 Å². The molecule has 0 aromatic rings. The van der Waals surface area contributed by atoms with Crippen LogP contribution in [0.15, 0.2) is 0 Å². The molecule has 0 radical (unpaired) electrons. The minimum atomic E-state index is -2.46. The second kappa shape index (κ2) is 9.66. The van der Waals surface area contributed by atoms with Crippen LogP contribution in [0.5, 0.6) is 0 Å². The molecular weight excluding hydrogens is 396 g/mol. The largest absolute Gasteiger partial charge is 0.511 e. The fourth-order valence-corrected chi connectivity index (χ4v) is 3.83. The van der Waals surface area contributed by atoms with Crippen LogP contribution < -0.4 is 0 Å². The highest BCUT2D eigenvalue weighted by Gasteiger charge is 2.51. The van der Waals surface area contributed by atoms with Crippen molar-refractivity contribution in [2.45, 2.75) is 58.7 Å². The maximum absolute atomic E-state index is 11.8. The molecule has 2 aliphatic rings. The van der Waals surface area contributed by atoms with E-state index < -0.39 is 60.5 Å². The van der Waals surface area contributed by atoms with Crippen molar-refractivity contribution >= 4 is 29.5 Å². The number of hydrogen-bond donors (Lipinski definition) is 1. The first-order chi connectivity index (χ1) is 13.1. The lowest BCUT2D eigenvalue weighted by Crippen LogP contribution is -2.39. The first-order valence-electron chi connectivity index (χ1n) is 9.08. The highest BCUT2D eigenvalue weighted by atomic mass is 32.2. The zero-order valence-electron chi connectivity index (χ0n) is 16.1. The summed E-state index contributed by atoms with van der Waals surface area (Å²) in [5.74, 6) is -1.31. The number of rotatable bonds is 9. The van der Waals surface area contributed by atoms with Crippen LogP contribution in [-0.4, -0.2) is 52.5 Å². The van der Waals surface area contributed by atoms with Crippen LogP contribution in [0.4, 0.5) is 4.79 Å². The molecule has 0 aromatic carbocycles. The van der Waals surface area contributed by atoms with Gasteiger partial charge in [0.1, 0.15) is 12.2 Å². The van der Waals surface area contributed by atoms with Crippen molar-refractivity contribution in [1.82, 2.24) is 0 Å². The molecule has 5 unspecified atom stereocenters. The van der Waals surface area contributed by atoms with Gasteiger partial charge in [-0.3, -0.25) is 13.5 Å². The quantitative estimate of drug-likeness (QED) is 0.254. The normalized spacial score (nSPS) is 27.1. The number of fused-ring (bicyclic) bond motifs is 2. The monoisotopic (exact) mass is 422 g/mol. The van der Waals surface area contributed by atoms with Gasteiger partial charge in [0.2, 0.25) is 6.79 Å². The number of hydrogen-bond acceptors (Lipinski definition) is 9. The lowest BCUT2D eigenvalue weighted by Gasteiger charge is -2.28. The van der Waals surface area contributed by atoms with E-state index in [4.69, 9.17) is 22.9 Å². The summed E-state index contributed by atoms with van der Waals surface area (Å²) in [5.41, 5.74) is -0.710. The van der Waals surface area contributed by atoms with Gasteiger partial charge in [-0.2, -0.15) is 4.21 Å². The van der Waals surface area contributed by atoms with Crippen molar-refractivity contribution < 1.29 is 46.3 Å². The van der Waals surface area contributed by atoms with Gasteiger partial charge in [-0.15, -0.1) is 0 Å². The lowest BCUT2D eigenvalue weighted by atomic mass is 9.91. The molecule has 10 nitrogen and oxygen atoms in total. The fourth-order valence-electron chi connectivity index (χ4n) is 3.37. The van der Waals surface area contributed by atoms with Crippen molar-refractivity contribution in [2.24, 2.45) is 17.3 Å². The summed E-state index contributed by atoms with van der Waals surface area (Å²) in [5, 5.41) is 0. The Labute approximate surface area is 165 Å². The van der Waals surface area contributed by atoms with E-state index in [1.807, 2.05) is 6.92 Å². The van der Waals surface area contributed by atoms with Gasteiger partial charge in [0.15, 0.2) is 6.61 Å². The van der Waals surface area contributed by atoms with Crippen molar-refractivity contribution in [3.05, 3.63) is 0 Å². The molecule has 0 aliphatic heterocycles. The zero-order valence-corrected chi connectivity index (χ0v) is 16.9. The van der Waals surface area contributed by atoms with Gasteiger partial charge in [0.25, 0.3) is 0 Å². The predicted octanol–water partition coefficient (Wildman–Crippen LogP) is 1.94. The molecule has 2 saturated carbocycles. The minimum Gasteiger partial charge on any atom is -0.453 e. The average molecular weight is 422 g/mol. The summed E-state index contributed by atoms with van der Waals surface area (Å²) in [6.07, 6.45) is 0.534. The van der Waals surface area contributed by atoms with Crippen LogP contribution in [0.1, 0.15) is 46.5 Å². The maximum atomic E-state index is 11.8. The van der Waals surface area contributed by atoms with Gasteiger partial charge in [0.05, 0.1) is 5.41 Å². The summed E-state index contributed by atoms with van der Waals surface area (Å²) in [6.45, 7) is 3.91. The van der Waals surface area contributed by atoms with E-state index in [0.29, 0.717) is 6.42 Å². The molecule has 2 bridgehead atoms. The Morgan fingerprint density at radius 1 is 1.07 bits per heavy atom. The molecule has 0 saturated heterocycles. The molecule has 160 valence electrons. The first-order valence-corrected chi connectivity index (χ1v) is 10.1. The number of esters is 2. The van der Waals surface area contributed by atoms with E-state index in [0.717, 1.165) is 19.3 Å². The Bertz CT molecular complexity index is 619. The van der Waals surface area contributed by atoms with Crippen molar-refractivity contribution in [3.63, 3.8) is 0 Å². The van der Waals surface area contributed by atoms with Crippen molar-refractivity contribution in [3.8, 4) is 0 Å². The lowest BCUT2D eigenvalue weighted by molar-refractivity contribution is -0.170. The predicted molar refractivity (Wildman–Crippen MR) is 93.8 cm³/mol. The Hall–Kier alpha value is -1.72. The Morgan fingerprint density at radius 3 is 2.32 bits per heavy atom. The fraction of sp³-hybridized carbons (Fsp3) is 0.824. The van der Waals surface area contributed by atoms with E-state index in [2.05, 4.69) is 4.74 Å². The third-order valence-corrected chi connectivity index (χ3v) is 5.73. The molecule has 5 atom stereocenters. The molecule has 0 heterocycles. The summed E-state index contributed by atoms with van der Waals surface area (Å²) >= 11 is -2.46. The van der Waals surface area contributed by atoms with E-state index in [1.54, 1.807) is 13.8 Å². The topological polar surface area (TPSA) is 135 Å². The summed E-state index contributed by atoms with van der Waals surface area (Å²) in [7, 11) is 0. The van der Waals surface area contributed by atoms with Gasteiger partial charge >= 0.3 is 29.5 Å². The SMILES string of the molecule is CCC(C)(C)C(=O)OCC(=O)OCOC(=O)OC1C2CCC(C2)C1OS(=O)O. The highest BCUT2D eigenvalue weighted by molar-refractivity contribution is 7.74. The molecular formula is C17H26O10S. The first kappa shape index (κ1) is 22.6.